The summed E-state index contributed by atoms with van der Waals surface area (Å²) in [5.41, 5.74) is 0.667. The van der Waals surface area contributed by atoms with Gasteiger partial charge in [0.1, 0.15) is 5.52 Å². The number of fused-ring (bicyclic) bond motifs is 1. The second-order valence-electron chi connectivity index (χ2n) is 6.20. The Balaban J connectivity index is 1.58. The van der Waals surface area contributed by atoms with Gasteiger partial charge in [0.15, 0.2) is 0 Å². The fourth-order valence-electron chi connectivity index (χ4n) is 3.03. The number of nitrogens with one attached hydrogen (secondary N) is 1. The maximum Gasteiger partial charge on any atom is 0.416 e. The number of alkyl halides is 3. The second kappa shape index (κ2) is 7.79. The van der Waals surface area contributed by atoms with Crippen molar-refractivity contribution < 1.29 is 18.1 Å². The van der Waals surface area contributed by atoms with Gasteiger partial charge in [0.25, 0.3) is 0 Å². The molecule has 3 aromatic rings. The molecular weight excluding hydrogens is 359 g/mol. The number of benzene rings is 2. The van der Waals surface area contributed by atoms with Crippen LogP contribution in [-0.4, -0.2) is 16.0 Å². The molecule has 27 heavy (non-hydrogen) atoms. The summed E-state index contributed by atoms with van der Waals surface area (Å²) < 4.78 is 39.8. The number of nitrogens with zero attached hydrogens (tertiary/aromatic N) is 2. The predicted molar refractivity (Wildman–Crippen MR) is 96.4 cm³/mol. The zero-order valence-electron chi connectivity index (χ0n) is 14.4. The summed E-state index contributed by atoms with van der Waals surface area (Å²) in [7, 11) is 0. The molecule has 1 heterocycles. The minimum atomic E-state index is -4.36. The Morgan fingerprint density at radius 3 is 2.59 bits per heavy atom. The van der Waals surface area contributed by atoms with Crippen LogP contribution in [0.2, 0.25) is 0 Å². The van der Waals surface area contributed by atoms with E-state index >= 15 is 0 Å². The molecule has 1 N–H and O–H groups in total. The molecule has 0 unspecified atom stereocenters. The number of hydrogen-bond acceptors (Lipinski definition) is 3. The topological polar surface area (TPSA) is 60.1 Å². The van der Waals surface area contributed by atoms with Crippen molar-refractivity contribution in [3.8, 4) is 0 Å². The summed E-state index contributed by atoms with van der Waals surface area (Å²) in [6, 6.07) is 14.0. The van der Waals surface area contributed by atoms with Crippen LogP contribution in [0.25, 0.3) is 10.9 Å². The van der Waals surface area contributed by atoms with Gasteiger partial charge in [-0.05, 0) is 35.6 Å². The van der Waals surface area contributed by atoms with Gasteiger partial charge in [-0.3, -0.25) is 0 Å². The number of nitro groups is 1. The fourth-order valence-corrected chi connectivity index (χ4v) is 3.03. The Hall–Kier alpha value is -2.87. The predicted octanol–water partition coefficient (Wildman–Crippen LogP) is 4.75. The van der Waals surface area contributed by atoms with Crippen molar-refractivity contribution in [1.82, 2.24) is 9.88 Å². The smallest absolute Gasteiger partial charge is 0.358 e. The van der Waals surface area contributed by atoms with Gasteiger partial charge in [-0.25, -0.2) is 4.57 Å². The van der Waals surface area contributed by atoms with Gasteiger partial charge in [0.2, 0.25) is 0 Å². The Bertz CT molecular complexity index is 951. The normalized spacial score (nSPS) is 11.8. The number of hydrogen-bond donors (Lipinski definition) is 1. The van der Waals surface area contributed by atoms with E-state index in [-0.39, 0.29) is 5.82 Å². The summed E-state index contributed by atoms with van der Waals surface area (Å²) in [6.45, 7) is 1.28. The standard InChI is InChI=1S/C19H18F3N3O2/c20-19(21,22)16-7-3-5-14(11-16)13-23-9-4-10-24-17-8-2-1-6-15(17)12-18(24)25(26)27/h1-3,5-8,11-12,23H,4,9-10,13H2. The molecule has 0 saturated carbocycles. The minimum absolute atomic E-state index is 0.0362. The van der Waals surface area contributed by atoms with Gasteiger partial charge in [-0.2, -0.15) is 13.2 Å². The third-order valence-electron chi connectivity index (χ3n) is 4.29. The van der Waals surface area contributed by atoms with Gasteiger partial charge in [-0.15, -0.1) is 0 Å². The number of halogens is 3. The van der Waals surface area contributed by atoms with E-state index in [0.717, 1.165) is 23.0 Å². The van der Waals surface area contributed by atoms with Gasteiger partial charge < -0.3 is 15.4 Å². The average molecular weight is 377 g/mol. The second-order valence-corrected chi connectivity index (χ2v) is 6.20. The zero-order valence-corrected chi connectivity index (χ0v) is 14.4. The van der Waals surface area contributed by atoms with Crippen LogP contribution in [0.3, 0.4) is 0 Å². The molecule has 0 fully saturated rings. The molecule has 142 valence electrons. The molecule has 0 spiro atoms. The Morgan fingerprint density at radius 2 is 1.85 bits per heavy atom. The van der Waals surface area contributed by atoms with Crippen molar-refractivity contribution >= 4 is 16.7 Å². The lowest BCUT2D eigenvalue weighted by Crippen LogP contribution is -2.17. The summed E-state index contributed by atoms with van der Waals surface area (Å²) in [6.07, 6.45) is -3.75. The zero-order chi connectivity index (χ0) is 19.4. The van der Waals surface area contributed by atoms with E-state index in [9.17, 15) is 23.3 Å². The molecule has 0 aliphatic rings. The molecule has 0 amide bonds. The first-order valence-electron chi connectivity index (χ1n) is 8.46. The molecular formula is C19H18F3N3O2. The van der Waals surface area contributed by atoms with Gasteiger partial charge >= 0.3 is 12.0 Å². The molecule has 0 radical (unpaired) electrons. The largest absolute Gasteiger partial charge is 0.416 e. The average Bonchev–Trinajstić information content (AvgIpc) is 3.00. The van der Waals surface area contributed by atoms with Crippen LogP contribution in [0.5, 0.6) is 0 Å². The highest BCUT2D eigenvalue weighted by Gasteiger charge is 2.30. The van der Waals surface area contributed by atoms with Gasteiger partial charge in [0.05, 0.1) is 12.1 Å². The molecule has 0 aliphatic heterocycles. The van der Waals surface area contributed by atoms with Crippen LogP contribution < -0.4 is 5.32 Å². The molecule has 1 aromatic heterocycles. The van der Waals surface area contributed by atoms with E-state index in [1.807, 2.05) is 24.3 Å². The molecule has 0 atom stereocenters. The van der Waals surface area contributed by atoms with Crippen LogP contribution in [0.1, 0.15) is 17.5 Å². The molecule has 0 saturated heterocycles. The highest BCUT2D eigenvalue weighted by Crippen LogP contribution is 2.29. The van der Waals surface area contributed by atoms with Crippen molar-refractivity contribution in [3.63, 3.8) is 0 Å². The van der Waals surface area contributed by atoms with Crippen LogP contribution in [0, 0.1) is 10.1 Å². The van der Waals surface area contributed by atoms with E-state index in [2.05, 4.69) is 5.32 Å². The monoisotopic (exact) mass is 377 g/mol. The lowest BCUT2D eigenvalue weighted by atomic mass is 10.1. The first kappa shape index (κ1) is 18.9. The fraction of sp³-hybridized carbons (Fsp3) is 0.263. The number of para-hydroxylation sites is 1. The highest BCUT2D eigenvalue weighted by atomic mass is 19.4. The quantitative estimate of drug-likeness (QED) is 0.367. The van der Waals surface area contributed by atoms with Crippen LogP contribution in [-0.2, 0) is 19.3 Å². The molecule has 2 aromatic carbocycles. The first-order chi connectivity index (χ1) is 12.9. The summed E-state index contributed by atoms with van der Waals surface area (Å²) >= 11 is 0. The van der Waals surface area contributed by atoms with Crippen molar-refractivity contribution in [1.29, 1.82) is 0 Å². The van der Waals surface area contributed by atoms with Gasteiger partial charge in [0, 0.05) is 18.0 Å². The first-order valence-corrected chi connectivity index (χ1v) is 8.46. The third-order valence-corrected chi connectivity index (χ3v) is 4.29. The molecule has 3 rings (SSSR count). The van der Waals surface area contributed by atoms with Crippen molar-refractivity contribution in [3.05, 3.63) is 75.8 Å². The Kier molecular flexibility index (Phi) is 5.46. The van der Waals surface area contributed by atoms with E-state index in [0.29, 0.717) is 31.6 Å². The van der Waals surface area contributed by atoms with Crippen LogP contribution >= 0.6 is 0 Å². The number of aryl methyl sites for hydroxylation is 1. The molecule has 0 bridgehead atoms. The van der Waals surface area contributed by atoms with Crippen molar-refractivity contribution in [2.75, 3.05) is 6.54 Å². The van der Waals surface area contributed by atoms with E-state index < -0.39 is 16.7 Å². The van der Waals surface area contributed by atoms with Gasteiger partial charge in [-0.1, -0.05) is 36.4 Å². The third kappa shape index (κ3) is 4.46. The number of rotatable bonds is 7. The van der Waals surface area contributed by atoms with Crippen molar-refractivity contribution in [2.45, 2.75) is 25.7 Å². The SMILES string of the molecule is O=[N+]([O-])c1cc2ccccc2n1CCCNCc1cccc(C(F)(F)F)c1. The van der Waals surface area contributed by atoms with Crippen molar-refractivity contribution in [2.24, 2.45) is 0 Å². The lowest BCUT2D eigenvalue weighted by molar-refractivity contribution is -0.391. The number of aromatic nitrogens is 1. The summed E-state index contributed by atoms with van der Waals surface area (Å²) in [4.78, 5) is 10.8. The van der Waals surface area contributed by atoms with E-state index in [1.54, 1.807) is 16.7 Å². The molecule has 0 aliphatic carbocycles. The van der Waals surface area contributed by atoms with E-state index in [4.69, 9.17) is 0 Å². The lowest BCUT2D eigenvalue weighted by Gasteiger charge is -2.09. The Morgan fingerprint density at radius 1 is 1.07 bits per heavy atom. The van der Waals surface area contributed by atoms with Crippen LogP contribution in [0.4, 0.5) is 19.0 Å². The minimum Gasteiger partial charge on any atom is -0.358 e. The highest BCUT2D eigenvalue weighted by molar-refractivity contribution is 5.83. The van der Waals surface area contributed by atoms with Crippen LogP contribution in [0.15, 0.2) is 54.6 Å². The maximum atomic E-state index is 12.7. The summed E-state index contributed by atoms with van der Waals surface area (Å²) in [5, 5.41) is 15.2. The summed E-state index contributed by atoms with van der Waals surface area (Å²) in [5.74, 6) is 0.0362. The molecule has 5 nitrogen and oxygen atoms in total. The molecule has 8 heteroatoms. The van der Waals surface area contributed by atoms with E-state index in [1.165, 1.54) is 6.07 Å². The Labute approximate surface area is 153 Å². The maximum absolute atomic E-state index is 12.7.